The fourth-order valence-electron chi connectivity index (χ4n) is 3.43. The van der Waals surface area contributed by atoms with Crippen molar-refractivity contribution in [2.24, 2.45) is 0 Å². The van der Waals surface area contributed by atoms with E-state index in [1.165, 1.54) is 48.1 Å². The molecule has 0 spiro atoms. The molecule has 1 atom stereocenters. The first-order valence-electron chi connectivity index (χ1n) is 7.87. The molecule has 0 saturated carbocycles. The van der Waals surface area contributed by atoms with Crippen LogP contribution in [0.2, 0.25) is 0 Å². The van der Waals surface area contributed by atoms with Crippen LogP contribution < -0.4 is 4.74 Å². The Morgan fingerprint density at radius 3 is 2.90 bits per heavy atom. The molecule has 2 aliphatic rings. The molecule has 0 fully saturated rings. The van der Waals surface area contributed by atoms with Crippen LogP contribution in [0.15, 0.2) is 24.3 Å². The summed E-state index contributed by atoms with van der Waals surface area (Å²) in [7, 11) is 0. The molecule has 1 aliphatic carbocycles. The number of aryl methyl sites for hydroxylation is 2. The highest BCUT2D eigenvalue weighted by Crippen LogP contribution is 2.40. The van der Waals surface area contributed by atoms with Gasteiger partial charge in [-0.3, -0.25) is 0 Å². The topological polar surface area (TPSA) is 29.5 Å². The lowest BCUT2D eigenvalue weighted by Gasteiger charge is -2.13. The third kappa shape index (κ3) is 2.39. The standard InChI is InChI=1S/C18H20O2S/c19-17(14-7-4-6-12-9-10-20-18(12)14)16-11-13-5-2-1-3-8-15(13)21-16/h4,6-7,11,17,19H,1-3,5,8-10H2. The molecular formula is C18H20O2S. The van der Waals surface area contributed by atoms with Crippen molar-refractivity contribution in [3.8, 4) is 5.75 Å². The van der Waals surface area contributed by atoms with Gasteiger partial charge in [-0.1, -0.05) is 24.6 Å². The highest BCUT2D eigenvalue weighted by Gasteiger charge is 2.24. The molecule has 110 valence electrons. The Morgan fingerprint density at radius 1 is 1.05 bits per heavy atom. The van der Waals surface area contributed by atoms with Crippen molar-refractivity contribution < 1.29 is 9.84 Å². The molecule has 1 aliphatic heterocycles. The van der Waals surface area contributed by atoms with E-state index in [-0.39, 0.29) is 0 Å². The summed E-state index contributed by atoms with van der Waals surface area (Å²) in [5.41, 5.74) is 3.62. The summed E-state index contributed by atoms with van der Waals surface area (Å²) in [5.74, 6) is 0.911. The SMILES string of the molecule is OC(c1cc2c(s1)CCCCC2)c1cccc2c1OCC2. The third-order valence-corrected chi connectivity index (χ3v) is 5.86. The van der Waals surface area contributed by atoms with E-state index in [9.17, 15) is 5.11 Å². The van der Waals surface area contributed by atoms with Gasteiger partial charge in [0.2, 0.25) is 0 Å². The predicted molar refractivity (Wildman–Crippen MR) is 85.3 cm³/mol. The smallest absolute Gasteiger partial charge is 0.128 e. The lowest BCUT2D eigenvalue weighted by Crippen LogP contribution is -2.00. The Morgan fingerprint density at radius 2 is 1.95 bits per heavy atom. The summed E-state index contributed by atoms with van der Waals surface area (Å²) in [6.45, 7) is 0.736. The van der Waals surface area contributed by atoms with Crippen molar-refractivity contribution in [3.05, 3.63) is 50.7 Å². The van der Waals surface area contributed by atoms with Crippen molar-refractivity contribution in [3.63, 3.8) is 0 Å². The Kier molecular flexibility index (Phi) is 3.48. The molecule has 2 heterocycles. The van der Waals surface area contributed by atoms with Gasteiger partial charge in [0.1, 0.15) is 11.9 Å². The molecule has 0 bridgehead atoms. The number of hydrogen-bond donors (Lipinski definition) is 1. The van der Waals surface area contributed by atoms with Gasteiger partial charge in [0, 0.05) is 21.7 Å². The van der Waals surface area contributed by atoms with Gasteiger partial charge in [-0.15, -0.1) is 11.3 Å². The van der Waals surface area contributed by atoms with E-state index in [1.807, 2.05) is 12.1 Å². The number of aliphatic hydroxyl groups is 1. The van der Waals surface area contributed by atoms with Crippen molar-refractivity contribution in [2.75, 3.05) is 6.61 Å². The zero-order valence-corrected chi connectivity index (χ0v) is 12.9. The lowest BCUT2D eigenvalue weighted by molar-refractivity contribution is 0.217. The number of hydrogen-bond acceptors (Lipinski definition) is 3. The summed E-state index contributed by atoms with van der Waals surface area (Å²) in [5, 5.41) is 10.8. The summed E-state index contributed by atoms with van der Waals surface area (Å²) in [4.78, 5) is 2.56. The normalized spacial score (nSPS) is 18.5. The Balaban J connectivity index is 1.69. The first-order chi connectivity index (χ1) is 10.3. The van der Waals surface area contributed by atoms with Crippen LogP contribution in [0.3, 0.4) is 0 Å². The van der Waals surface area contributed by atoms with Crippen molar-refractivity contribution in [1.29, 1.82) is 0 Å². The number of para-hydroxylation sites is 1. The highest BCUT2D eigenvalue weighted by atomic mass is 32.1. The minimum absolute atomic E-state index is 0.546. The molecule has 0 amide bonds. The van der Waals surface area contributed by atoms with Gasteiger partial charge < -0.3 is 9.84 Å². The second-order valence-electron chi connectivity index (χ2n) is 5.99. The number of ether oxygens (including phenoxy) is 1. The molecule has 0 saturated heterocycles. The van der Waals surface area contributed by atoms with Crippen molar-refractivity contribution >= 4 is 11.3 Å². The maximum absolute atomic E-state index is 10.8. The zero-order valence-electron chi connectivity index (χ0n) is 12.1. The first-order valence-corrected chi connectivity index (χ1v) is 8.69. The fourth-order valence-corrected chi connectivity index (χ4v) is 4.70. The Hall–Kier alpha value is -1.32. The van der Waals surface area contributed by atoms with Gasteiger partial charge in [0.25, 0.3) is 0 Å². The summed E-state index contributed by atoms with van der Waals surface area (Å²) >= 11 is 1.79. The van der Waals surface area contributed by atoms with E-state index in [1.54, 1.807) is 11.3 Å². The lowest BCUT2D eigenvalue weighted by atomic mass is 10.0. The summed E-state index contributed by atoms with van der Waals surface area (Å²) < 4.78 is 5.74. The van der Waals surface area contributed by atoms with E-state index >= 15 is 0 Å². The van der Waals surface area contributed by atoms with Gasteiger partial charge >= 0.3 is 0 Å². The number of rotatable bonds is 2. The van der Waals surface area contributed by atoms with E-state index in [0.717, 1.165) is 29.2 Å². The number of thiophene rings is 1. The van der Waals surface area contributed by atoms with E-state index in [0.29, 0.717) is 0 Å². The monoisotopic (exact) mass is 300 g/mol. The molecule has 1 aromatic heterocycles. The van der Waals surface area contributed by atoms with Gasteiger partial charge in [-0.2, -0.15) is 0 Å². The molecule has 1 N–H and O–H groups in total. The average Bonchev–Trinajstić information content (AvgIpc) is 3.08. The van der Waals surface area contributed by atoms with Crippen molar-refractivity contribution in [2.45, 2.75) is 44.6 Å². The number of benzene rings is 1. The maximum atomic E-state index is 10.8. The van der Waals surface area contributed by atoms with E-state index in [4.69, 9.17) is 4.74 Å². The molecule has 2 aromatic rings. The average molecular weight is 300 g/mol. The molecular weight excluding hydrogens is 280 g/mol. The summed E-state index contributed by atoms with van der Waals surface area (Å²) in [6.07, 6.45) is 6.65. The van der Waals surface area contributed by atoms with Crippen LogP contribution in [0, 0.1) is 0 Å². The minimum Gasteiger partial charge on any atom is -0.493 e. The quantitative estimate of drug-likeness (QED) is 0.848. The van der Waals surface area contributed by atoms with Gasteiger partial charge in [0.05, 0.1) is 6.61 Å². The van der Waals surface area contributed by atoms with E-state index < -0.39 is 6.10 Å². The van der Waals surface area contributed by atoms with Gasteiger partial charge in [-0.25, -0.2) is 0 Å². The number of aliphatic hydroxyl groups excluding tert-OH is 1. The molecule has 3 heteroatoms. The van der Waals surface area contributed by atoms with Crippen LogP contribution in [0.4, 0.5) is 0 Å². The molecule has 21 heavy (non-hydrogen) atoms. The molecule has 2 nitrogen and oxygen atoms in total. The highest BCUT2D eigenvalue weighted by molar-refractivity contribution is 7.12. The zero-order chi connectivity index (χ0) is 14.2. The van der Waals surface area contributed by atoms with Crippen LogP contribution in [0.5, 0.6) is 5.75 Å². The van der Waals surface area contributed by atoms with Crippen LogP contribution in [0.1, 0.15) is 51.8 Å². The van der Waals surface area contributed by atoms with Gasteiger partial charge in [-0.05, 0) is 42.9 Å². The second-order valence-corrected chi connectivity index (χ2v) is 7.16. The van der Waals surface area contributed by atoms with Crippen molar-refractivity contribution in [1.82, 2.24) is 0 Å². The largest absolute Gasteiger partial charge is 0.493 e. The Bertz CT molecular complexity index is 636. The number of fused-ring (bicyclic) bond motifs is 2. The molecule has 0 radical (unpaired) electrons. The molecule has 4 rings (SSSR count). The Labute approximate surface area is 129 Å². The van der Waals surface area contributed by atoms with Crippen LogP contribution in [0.25, 0.3) is 0 Å². The molecule has 1 unspecified atom stereocenters. The van der Waals surface area contributed by atoms with Gasteiger partial charge in [0.15, 0.2) is 0 Å². The van der Waals surface area contributed by atoms with Crippen LogP contribution >= 0.6 is 11.3 Å². The predicted octanol–water partition coefficient (Wildman–Crippen LogP) is 4.03. The fraction of sp³-hybridized carbons (Fsp3) is 0.444. The maximum Gasteiger partial charge on any atom is 0.128 e. The summed E-state index contributed by atoms with van der Waals surface area (Å²) in [6, 6.07) is 8.36. The van der Waals surface area contributed by atoms with Crippen LogP contribution in [-0.4, -0.2) is 11.7 Å². The van der Waals surface area contributed by atoms with E-state index in [2.05, 4.69) is 12.1 Å². The second kappa shape index (κ2) is 5.47. The van der Waals surface area contributed by atoms with Crippen LogP contribution in [-0.2, 0) is 19.3 Å². The third-order valence-electron chi connectivity index (χ3n) is 4.57. The first kappa shape index (κ1) is 13.4. The molecule has 1 aromatic carbocycles. The minimum atomic E-state index is -0.546.